The first-order valence-electron chi connectivity index (χ1n) is 5.93. The Morgan fingerprint density at radius 1 is 0.850 bits per heavy atom. The number of benzene rings is 2. The van der Waals surface area contributed by atoms with Gasteiger partial charge in [-0.25, -0.2) is 9.59 Å². The maximum absolute atomic E-state index is 12.0. The Balaban J connectivity index is 2.12. The third kappa shape index (κ3) is 3.21. The van der Waals surface area contributed by atoms with Crippen LogP contribution in [0.5, 0.6) is 0 Å². The fourth-order valence-electron chi connectivity index (χ4n) is 1.70. The highest BCUT2D eigenvalue weighted by Crippen LogP contribution is 2.12. The molecule has 2 rings (SSSR count). The second kappa shape index (κ2) is 6.49. The molecule has 0 radical (unpaired) electrons. The zero-order valence-electron chi connectivity index (χ0n) is 10.6. The predicted molar refractivity (Wildman–Crippen MR) is 71.6 cm³/mol. The first-order chi connectivity index (χ1) is 9.72. The van der Waals surface area contributed by atoms with Crippen LogP contribution < -0.4 is 5.90 Å². The number of carbonyl (C=O) groups excluding carboxylic acids is 2. The minimum Gasteiger partial charge on any atom is -0.457 e. The van der Waals surface area contributed by atoms with Crippen LogP contribution >= 0.6 is 0 Å². The maximum Gasteiger partial charge on any atom is 0.357 e. The number of hydrogen-bond acceptors (Lipinski definition) is 5. The van der Waals surface area contributed by atoms with E-state index in [4.69, 9.17) is 10.6 Å². The van der Waals surface area contributed by atoms with Crippen molar-refractivity contribution in [1.82, 2.24) is 0 Å². The Bertz CT molecular complexity index is 610. The molecule has 0 amide bonds. The van der Waals surface area contributed by atoms with Gasteiger partial charge in [0.15, 0.2) is 0 Å². The molecule has 0 aliphatic heterocycles. The average Bonchev–Trinajstić information content (AvgIpc) is 2.52. The van der Waals surface area contributed by atoms with Crippen LogP contribution in [0.4, 0.5) is 0 Å². The van der Waals surface area contributed by atoms with Crippen LogP contribution in [0, 0.1) is 0 Å². The molecule has 0 heterocycles. The van der Waals surface area contributed by atoms with Gasteiger partial charge in [-0.3, -0.25) is 0 Å². The lowest BCUT2D eigenvalue weighted by Crippen LogP contribution is -2.16. The summed E-state index contributed by atoms with van der Waals surface area (Å²) in [5.41, 5.74) is 1.06. The summed E-state index contributed by atoms with van der Waals surface area (Å²) in [4.78, 5) is 27.6. The van der Waals surface area contributed by atoms with Gasteiger partial charge in [0.05, 0.1) is 11.1 Å². The normalized spacial score (nSPS) is 9.85. The monoisotopic (exact) mass is 271 g/mol. The van der Waals surface area contributed by atoms with Gasteiger partial charge in [0.25, 0.3) is 0 Å². The summed E-state index contributed by atoms with van der Waals surface area (Å²) in [6.07, 6.45) is 0. The minimum absolute atomic E-state index is 0.0769. The molecule has 2 aromatic rings. The molecule has 0 spiro atoms. The van der Waals surface area contributed by atoms with Gasteiger partial charge in [0.1, 0.15) is 6.61 Å². The van der Waals surface area contributed by atoms with E-state index in [1.807, 2.05) is 30.3 Å². The number of rotatable bonds is 4. The Labute approximate surface area is 115 Å². The van der Waals surface area contributed by atoms with Crippen molar-refractivity contribution in [3.8, 4) is 0 Å². The molecule has 2 N–H and O–H groups in total. The number of esters is 1. The minimum atomic E-state index is -0.780. The third-order valence-electron chi connectivity index (χ3n) is 2.69. The molecule has 0 aromatic heterocycles. The molecule has 0 aliphatic carbocycles. The van der Waals surface area contributed by atoms with Crippen molar-refractivity contribution in [2.75, 3.05) is 0 Å². The van der Waals surface area contributed by atoms with Crippen molar-refractivity contribution >= 4 is 11.9 Å². The van der Waals surface area contributed by atoms with Crippen LogP contribution in [0.15, 0.2) is 54.6 Å². The first-order valence-corrected chi connectivity index (χ1v) is 5.93. The van der Waals surface area contributed by atoms with E-state index in [0.29, 0.717) is 0 Å². The molecule has 5 nitrogen and oxygen atoms in total. The zero-order valence-corrected chi connectivity index (χ0v) is 10.6. The van der Waals surface area contributed by atoms with E-state index in [-0.39, 0.29) is 17.7 Å². The van der Waals surface area contributed by atoms with Gasteiger partial charge in [0.2, 0.25) is 0 Å². The van der Waals surface area contributed by atoms with E-state index < -0.39 is 11.9 Å². The molecule has 2 aromatic carbocycles. The molecule has 0 unspecified atom stereocenters. The number of ether oxygens (including phenoxy) is 1. The smallest absolute Gasteiger partial charge is 0.357 e. The van der Waals surface area contributed by atoms with Crippen LogP contribution in [0.1, 0.15) is 26.3 Å². The summed E-state index contributed by atoms with van der Waals surface area (Å²) in [6, 6.07) is 15.4. The summed E-state index contributed by atoms with van der Waals surface area (Å²) in [5.74, 6) is 3.45. The Hall–Kier alpha value is -2.66. The van der Waals surface area contributed by atoms with Gasteiger partial charge in [0, 0.05) is 0 Å². The molecule has 0 aliphatic rings. The summed E-state index contributed by atoms with van der Waals surface area (Å²) in [6.45, 7) is 0.131. The van der Waals surface area contributed by atoms with Crippen molar-refractivity contribution in [1.29, 1.82) is 0 Å². The standard InChI is InChI=1S/C15H13NO4/c16-20-15(18)13-9-5-4-8-12(13)14(17)19-10-11-6-2-1-3-7-11/h1-9H,10,16H2. The molecule has 20 heavy (non-hydrogen) atoms. The van der Waals surface area contributed by atoms with Crippen molar-refractivity contribution in [2.45, 2.75) is 6.61 Å². The van der Waals surface area contributed by atoms with E-state index in [9.17, 15) is 9.59 Å². The average molecular weight is 271 g/mol. The summed E-state index contributed by atoms with van der Waals surface area (Å²) in [5, 5.41) is 0. The van der Waals surface area contributed by atoms with Crippen molar-refractivity contribution < 1.29 is 19.2 Å². The number of carbonyl (C=O) groups is 2. The molecule has 102 valence electrons. The van der Waals surface area contributed by atoms with Crippen molar-refractivity contribution in [3.63, 3.8) is 0 Å². The van der Waals surface area contributed by atoms with E-state index in [0.717, 1.165) is 5.56 Å². The zero-order chi connectivity index (χ0) is 14.4. The van der Waals surface area contributed by atoms with Crippen molar-refractivity contribution in [3.05, 3.63) is 71.3 Å². The van der Waals surface area contributed by atoms with Crippen LogP contribution in [-0.4, -0.2) is 11.9 Å². The second-order valence-corrected chi connectivity index (χ2v) is 4.01. The van der Waals surface area contributed by atoms with Gasteiger partial charge in [-0.05, 0) is 17.7 Å². The van der Waals surface area contributed by atoms with Gasteiger partial charge in [-0.2, -0.15) is 5.90 Å². The Morgan fingerprint density at radius 2 is 1.40 bits per heavy atom. The fourth-order valence-corrected chi connectivity index (χ4v) is 1.70. The van der Waals surface area contributed by atoms with Gasteiger partial charge >= 0.3 is 11.9 Å². The summed E-state index contributed by atoms with van der Waals surface area (Å²) < 4.78 is 5.16. The lowest BCUT2D eigenvalue weighted by molar-refractivity contribution is 0.0438. The number of hydrogen-bond donors (Lipinski definition) is 1. The molecule has 0 bridgehead atoms. The molecule has 0 saturated carbocycles. The Morgan fingerprint density at radius 3 is 2.00 bits per heavy atom. The predicted octanol–water partition coefficient (Wildman–Crippen LogP) is 2.07. The van der Waals surface area contributed by atoms with Gasteiger partial charge in [-0.1, -0.05) is 42.5 Å². The van der Waals surface area contributed by atoms with E-state index in [1.165, 1.54) is 12.1 Å². The first kappa shape index (κ1) is 13.8. The largest absolute Gasteiger partial charge is 0.457 e. The summed E-state index contributed by atoms with van der Waals surface area (Å²) >= 11 is 0. The molecule has 0 fully saturated rings. The van der Waals surface area contributed by atoms with Crippen LogP contribution in [0.3, 0.4) is 0 Å². The molecule has 0 atom stereocenters. The van der Waals surface area contributed by atoms with Crippen molar-refractivity contribution in [2.24, 2.45) is 5.90 Å². The van der Waals surface area contributed by atoms with Crippen LogP contribution in [0.25, 0.3) is 0 Å². The molecular weight excluding hydrogens is 258 g/mol. The van der Waals surface area contributed by atoms with E-state index in [2.05, 4.69) is 4.84 Å². The van der Waals surface area contributed by atoms with Crippen LogP contribution in [0.2, 0.25) is 0 Å². The maximum atomic E-state index is 12.0. The molecule has 5 heteroatoms. The quantitative estimate of drug-likeness (QED) is 0.680. The lowest BCUT2D eigenvalue weighted by atomic mass is 10.1. The highest BCUT2D eigenvalue weighted by atomic mass is 16.7. The van der Waals surface area contributed by atoms with Gasteiger partial charge in [-0.15, -0.1) is 0 Å². The number of nitrogens with two attached hydrogens (primary N) is 1. The summed E-state index contributed by atoms with van der Waals surface area (Å²) in [7, 11) is 0. The lowest BCUT2D eigenvalue weighted by Gasteiger charge is -2.08. The third-order valence-corrected chi connectivity index (χ3v) is 2.69. The Kier molecular flexibility index (Phi) is 4.47. The van der Waals surface area contributed by atoms with E-state index in [1.54, 1.807) is 12.1 Å². The molecule has 0 saturated heterocycles. The SMILES string of the molecule is NOC(=O)c1ccccc1C(=O)OCc1ccccc1. The van der Waals surface area contributed by atoms with Crippen LogP contribution in [-0.2, 0) is 16.2 Å². The highest BCUT2D eigenvalue weighted by molar-refractivity contribution is 6.02. The fraction of sp³-hybridized carbons (Fsp3) is 0.0667. The van der Waals surface area contributed by atoms with E-state index >= 15 is 0 Å². The highest BCUT2D eigenvalue weighted by Gasteiger charge is 2.18. The molecular formula is C15H13NO4. The second-order valence-electron chi connectivity index (χ2n) is 4.01. The topological polar surface area (TPSA) is 78.6 Å². The van der Waals surface area contributed by atoms with Gasteiger partial charge < -0.3 is 9.57 Å².